The Labute approximate surface area is 73.5 Å². The van der Waals surface area contributed by atoms with Crippen molar-refractivity contribution >= 4 is 7.12 Å². The maximum atomic E-state index is 5.52. The number of ether oxygens (including phenoxy) is 1. The Morgan fingerprint density at radius 1 is 1.00 bits per heavy atom. The summed E-state index contributed by atoms with van der Waals surface area (Å²) in [5.74, 6) is 0.471. The van der Waals surface area contributed by atoms with E-state index in [0.717, 1.165) is 39.3 Å². The van der Waals surface area contributed by atoms with Crippen LogP contribution in [0.4, 0.5) is 0 Å². The summed E-state index contributed by atoms with van der Waals surface area (Å²) in [6.45, 7) is 3.41. The number of rotatable bonds is 1. The van der Waals surface area contributed by atoms with Gasteiger partial charge in [-0.25, -0.2) is 0 Å². The van der Waals surface area contributed by atoms with Crippen LogP contribution in [0.25, 0.3) is 0 Å². The summed E-state index contributed by atoms with van der Waals surface area (Å²) in [4.78, 5) is 0. The first-order valence-corrected chi connectivity index (χ1v) is 4.78. The van der Waals surface area contributed by atoms with E-state index in [1.54, 1.807) is 0 Å². The highest BCUT2D eigenvalue weighted by Crippen LogP contribution is 2.25. The summed E-state index contributed by atoms with van der Waals surface area (Å²) in [7, 11) is 0.0130. The molecule has 0 N–H and O–H groups in total. The predicted molar refractivity (Wildman–Crippen MR) is 46.1 cm³/mol. The average molecular weight is 170 g/mol. The van der Waals surface area contributed by atoms with Crippen LogP contribution in [0.15, 0.2) is 0 Å². The monoisotopic (exact) mass is 170 g/mol. The molecule has 2 aliphatic rings. The van der Waals surface area contributed by atoms with Gasteiger partial charge in [-0.15, -0.1) is 0 Å². The highest BCUT2D eigenvalue weighted by molar-refractivity contribution is 6.46. The quantitative estimate of drug-likeness (QED) is 0.551. The lowest BCUT2D eigenvalue weighted by atomic mass is 9.68. The van der Waals surface area contributed by atoms with Gasteiger partial charge in [-0.05, 0) is 19.3 Å². The molecular formula is C8H15BO3. The van der Waals surface area contributed by atoms with Crippen molar-refractivity contribution in [2.24, 2.45) is 0 Å². The Morgan fingerprint density at radius 2 is 1.83 bits per heavy atom. The Bertz CT molecular complexity index is 114. The largest absolute Gasteiger partial charge is 0.462 e. The van der Waals surface area contributed by atoms with Gasteiger partial charge in [0.05, 0.1) is 0 Å². The molecule has 0 aliphatic carbocycles. The Kier molecular flexibility index (Phi) is 3.03. The van der Waals surface area contributed by atoms with E-state index in [2.05, 4.69) is 0 Å². The fourth-order valence-electron chi connectivity index (χ4n) is 1.76. The van der Waals surface area contributed by atoms with E-state index >= 15 is 0 Å². The molecule has 2 aliphatic heterocycles. The molecule has 2 rings (SSSR count). The van der Waals surface area contributed by atoms with E-state index < -0.39 is 0 Å². The molecule has 2 saturated heterocycles. The standard InChI is InChI=1S/C8H15BO3/c1-3-8(7-10-4-1)9-11-5-2-6-12-9/h8H,1-7H2. The van der Waals surface area contributed by atoms with Crippen LogP contribution >= 0.6 is 0 Å². The minimum Gasteiger partial charge on any atom is -0.411 e. The van der Waals surface area contributed by atoms with E-state index in [0.29, 0.717) is 5.82 Å². The van der Waals surface area contributed by atoms with Gasteiger partial charge in [-0.1, -0.05) is 0 Å². The molecule has 1 atom stereocenters. The Balaban J connectivity index is 1.80. The molecule has 0 radical (unpaired) electrons. The van der Waals surface area contributed by atoms with Crippen molar-refractivity contribution in [2.75, 3.05) is 26.4 Å². The first kappa shape index (κ1) is 8.54. The van der Waals surface area contributed by atoms with Crippen LogP contribution in [0.1, 0.15) is 19.3 Å². The van der Waals surface area contributed by atoms with E-state index in [1.807, 2.05) is 0 Å². The third-order valence-electron chi connectivity index (χ3n) is 2.43. The molecule has 0 spiro atoms. The highest BCUT2D eigenvalue weighted by atomic mass is 16.6. The zero-order valence-corrected chi connectivity index (χ0v) is 7.33. The molecule has 12 heavy (non-hydrogen) atoms. The molecule has 0 amide bonds. The summed E-state index contributed by atoms with van der Waals surface area (Å²) < 4.78 is 16.4. The van der Waals surface area contributed by atoms with Gasteiger partial charge in [0.15, 0.2) is 0 Å². The smallest absolute Gasteiger partial charge is 0.411 e. The fraction of sp³-hybridized carbons (Fsp3) is 1.00. The van der Waals surface area contributed by atoms with Crippen LogP contribution in [-0.2, 0) is 14.0 Å². The first-order chi connectivity index (χ1) is 5.97. The molecule has 0 aromatic carbocycles. The summed E-state index contributed by atoms with van der Waals surface area (Å²) in [5.41, 5.74) is 0. The number of hydrogen-bond donors (Lipinski definition) is 0. The lowest BCUT2D eigenvalue weighted by Gasteiger charge is -2.29. The molecule has 3 nitrogen and oxygen atoms in total. The maximum absolute atomic E-state index is 5.52. The van der Waals surface area contributed by atoms with Crippen molar-refractivity contribution in [3.63, 3.8) is 0 Å². The van der Waals surface area contributed by atoms with E-state index in [-0.39, 0.29) is 7.12 Å². The van der Waals surface area contributed by atoms with E-state index in [4.69, 9.17) is 14.0 Å². The zero-order chi connectivity index (χ0) is 8.23. The third-order valence-corrected chi connectivity index (χ3v) is 2.43. The van der Waals surface area contributed by atoms with Crippen LogP contribution in [0.2, 0.25) is 5.82 Å². The highest BCUT2D eigenvalue weighted by Gasteiger charge is 2.33. The molecule has 0 saturated carbocycles. The van der Waals surface area contributed by atoms with Gasteiger partial charge in [-0.2, -0.15) is 0 Å². The molecule has 0 bridgehead atoms. The maximum Gasteiger partial charge on any atom is 0.462 e. The van der Waals surface area contributed by atoms with Gasteiger partial charge in [-0.3, -0.25) is 0 Å². The molecule has 2 fully saturated rings. The minimum absolute atomic E-state index is 0.0130. The van der Waals surface area contributed by atoms with Crippen molar-refractivity contribution in [1.82, 2.24) is 0 Å². The first-order valence-electron chi connectivity index (χ1n) is 4.78. The van der Waals surface area contributed by atoms with Crippen LogP contribution in [0.5, 0.6) is 0 Å². The van der Waals surface area contributed by atoms with Gasteiger partial charge < -0.3 is 14.0 Å². The van der Waals surface area contributed by atoms with Crippen LogP contribution in [0, 0.1) is 0 Å². The van der Waals surface area contributed by atoms with Crippen molar-refractivity contribution in [3.8, 4) is 0 Å². The van der Waals surface area contributed by atoms with Crippen LogP contribution < -0.4 is 0 Å². The molecule has 0 aromatic rings. The SMILES string of the molecule is C1COB(C2CCCOC2)OC1. The second-order valence-electron chi connectivity index (χ2n) is 3.44. The van der Waals surface area contributed by atoms with Crippen LogP contribution in [0.3, 0.4) is 0 Å². The average Bonchev–Trinajstić information content (AvgIpc) is 2.21. The lowest BCUT2D eigenvalue weighted by molar-refractivity contribution is 0.0651. The topological polar surface area (TPSA) is 27.7 Å². The Morgan fingerprint density at radius 3 is 2.50 bits per heavy atom. The van der Waals surface area contributed by atoms with Gasteiger partial charge in [0.1, 0.15) is 0 Å². The predicted octanol–water partition coefficient (Wildman–Crippen LogP) is 1.09. The third kappa shape index (κ3) is 2.00. The zero-order valence-electron chi connectivity index (χ0n) is 7.33. The molecule has 1 unspecified atom stereocenters. The van der Waals surface area contributed by atoms with Crippen LogP contribution in [-0.4, -0.2) is 33.5 Å². The van der Waals surface area contributed by atoms with Crippen molar-refractivity contribution in [3.05, 3.63) is 0 Å². The van der Waals surface area contributed by atoms with Gasteiger partial charge >= 0.3 is 7.12 Å². The minimum atomic E-state index is 0.0130. The normalized spacial score (nSPS) is 32.0. The number of hydrogen-bond acceptors (Lipinski definition) is 3. The van der Waals surface area contributed by atoms with E-state index in [9.17, 15) is 0 Å². The Hall–Kier alpha value is -0.0551. The second kappa shape index (κ2) is 4.26. The van der Waals surface area contributed by atoms with Gasteiger partial charge in [0.25, 0.3) is 0 Å². The molecule has 4 heteroatoms. The molecule has 0 aromatic heterocycles. The summed E-state index contributed by atoms with van der Waals surface area (Å²) in [5, 5.41) is 0. The lowest BCUT2D eigenvalue weighted by Crippen LogP contribution is -2.37. The van der Waals surface area contributed by atoms with Gasteiger partial charge in [0, 0.05) is 32.2 Å². The van der Waals surface area contributed by atoms with Gasteiger partial charge in [0.2, 0.25) is 0 Å². The molecule has 2 heterocycles. The fourth-order valence-corrected chi connectivity index (χ4v) is 1.76. The van der Waals surface area contributed by atoms with Crippen molar-refractivity contribution in [1.29, 1.82) is 0 Å². The second-order valence-corrected chi connectivity index (χ2v) is 3.44. The molecule has 68 valence electrons. The molecular weight excluding hydrogens is 155 g/mol. The van der Waals surface area contributed by atoms with Crippen molar-refractivity contribution in [2.45, 2.75) is 25.1 Å². The summed E-state index contributed by atoms with van der Waals surface area (Å²) in [6.07, 6.45) is 3.36. The summed E-state index contributed by atoms with van der Waals surface area (Å²) in [6, 6.07) is 0. The van der Waals surface area contributed by atoms with E-state index in [1.165, 1.54) is 6.42 Å². The summed E-state index contributed by atoms with van der Waals surface area (Å²) >= 11 is 0. The van der Waals surface area contributed by atoms with Crippen molar-refractivity contribution < 1.29 is 14.0 Å².